The molecule has 4 rings (SSSR count). The van der Waals surface area contributed by atoms with E-state index >= 15 is 0 Å². The Labute approximate surface area is 221 Å². The first kappa shape index (κ1) is 27.7. The zero-order valence-corrected chi connectivity index (χ0v) is 22.7. The molecule has 0 aliphatic rings. The number of aromatic nitrogens is 3. The summed E-state index contributed by atoms with van der Waals surface area (Å²) in [6, 6.07) is 8.56. The number of hydrogen-bond acceptors (Lipinski definition) is 5. The van der Waals surface area contributed by atoms with Crippen molar-refractivity contribution in [2.45, 2.75) is 32.5 Å². The number of aliphatic hydroxyl groups is 1. The molecule has 0 unspecified atom stereocenters. The van der Waals surface area contributed by atoms with Crippen LogP contribution in [0.4, 0.5) is 4.39 Å². The van der Waals surface area contributed by atoms with Crippen molar-refractivity contribution in [3.8, 4) is 22.3 Å². The molecule has 1 atom stereocenters. The third kappa shape index (κ3) is 5.15. The maximum absolute atomic E-state index is 14.9. The summed E-state index contributed by atoms with van der Waals surface area (Å²) in [6.07, 6.45) is 2.84. The summed E-state index contributed by atoms with van der Waals surface area (Å²) in [4.78, 5) is 25.9. The monoisotopic (exact) mass is 577 g/mol. The molecule has 2 aromatic carbocycles. The topological polar surface area (TPSA) is 97.2 Å². The Bertz CT molecular complexity index is 1460. The van der Waals surface area contributed by atoms with Crippen molar-refractivity contribution >= 4 is 44.6 Å². The highest BCUT2D eigenvalue weighted by molar-refractivity contribution is 9.10. The molecule has 0 fully saturated rings. The van der Waals surface area contributed by atoms with Crippen molar-refractivity contribution in [1.82, 2.24) is 14.8 Å². The number of aliphatic hydroxyl groups excluding tert-OH is 1. The maximum Gasteiger partial charge on any atom is 0.259 e. The molecule has 0 saturated heterocycles. The van der Waals surface area contributed by atoms with Gasteiger partial charge in [0.15, 0.2) is 18.2 Å². The molecule has 10 heteroatoms. The van der Waals surface area contributed by atoms with Gasteiger partial charge in [-0.15, -0.1) is 0 Å². The van der Waals surface area contributed by atoms with E-state index in [0.717, 1.165) is 7.11 Å². The Morgan fingerprint density at radius 2 is 1.92 bits per heavy atom. The minimum Gasteiger partial charge on any atom is -0.400 e. The predicted molar refractivity (Wildman–Crippen MR) is 143 cm³/mol. The van der Waals surface area contributed by atoms with Gasteiger partial charge in [-0.2, -0.15) is 5.10 Å². The number of nitrogens with zero attached hydrogens (tertiary/aromatic N) is 2. The normalized spacial score (nSPS) is 12.2. The fraction of sp³-hybridized carbons (Fsp3) is 0.269. The van der Waals surface area contributed by atoms with E-state index in [1.54, 1.807) is 37.6 Å². The van der Waals surface area contributed by atoms with Crippen LogP contribution in [0.2, 0.25) is 5.02 Å². The maximum atomic E-state index is 14.9. The van der Waals surface area contributed by atoms with Gasteiger partial charge in [0.1, 0.15) is 0 Å². The van der Waals surface area contributed by atoms with Crippen LogP contribution in [0.15, 0.2) is 52.0 Å². The highest BCUT2D eigenvalue weighted by Crippen LogP contribution is 2.42. The lowest BCUT2D eigenvalue weighted by Crippen LogP contribution is -2.30. The number of aldehydes is 1. The third-order valence-electron chi connectivity index (χ3n) is 5.46. The molecule has 0 spiro atoms. The Morgan fingerprint density at radius 1 is 1.22 bits per heavy atom. The Kier molecular flexibility index (Phi) is 8.51. The lowest BCUT2D eigenvalue weighted by atomic mass is 9.91. The Hall–Kier alpha value is -2.85. The molecular weight excluding hydrogens is 553 g/mol. The lowest BCUT2D eigenvalue weighted by Gasteiger charge is -2.28. The van der Waals surface area contributed by atoms with Crippen LogP contribution in [-0.2, 0) is 16.6 Å². The molecule has 0 bridgehead atoms. The zero-order chi connectivity index (χ0) is 26.8. The van der Waals surface area contributed by atoms with Gasteiger partial charge in [-0.25, -0.2) is 4.39 Å². The van der Waals surface area contributed by atoms with Gasteiger partial charge in [-0.1, -0.05) is 35.9 Å². The number of pyridine rings is 1. The lowest BCUT2D eigenvalue weighted by molar-refractivity contribution is -0.129. The number of H-pyrrole nitrogens is 1. The predicted octanol–water partition coefficient (Wildman–Crippen LogP) is 5.81. The number of fused-ring (bicyclic) bond motifs is 1. The van der Waals surface area contributed by atoms with Crippen molar-refractivity contribution < 1.29 is 19.0 Å². The highest BCUT2D eigenvalue weighted by Gasteiger charge is 2.30. The molecule has 2 heterocycles. The van der Waals surface area contributed by atoms with Crippen LogP contribution in [0.3, 0.4) is 0 Å². The van der Waals surface area contributed by atoms with Crippen molar-refractivity contribution in [2.75, 3.05) is 7.11 Å². The van der Waals surface area contributed by atoms with Crippen molar-refractivity contribution in [2.24, 2.45) is 7.05 Å². The zero-order valence-electron chi connectivity index (χ0n) is 20.4. The molecule has 2 N–H and O–H groups in total. The van der Waals surface area contributed by atoms with Crippen LogP contribution in [0.5, 0.6) is 0 Å². The minimum absolute atomic E-state index is 0.135. The number of benzene rings is 2. The highest BCUT2D eigenvalue weighted by atomic mass is 79.9. The van der Waals surface area contributed by atoms with Crippen LogP contribution in [0.1, 0.15) is 32.6 Å². The molecular formula is C26H26BrClFN3O4. The fourth-order valence-corrected chi connectivity index (χ4v) is 4.78. The quantitative estimate of drug-likeness (QED) is 0.230. The summed E-state index contributed by atoms with van der Waals surface area (Å²) in [5.74, 6) is -0.641. The van der Waals surface area contributed by atoms with Gasteiger partial charge in [0.25, 0.3) is 5.56 Å². The van der Waals surface area contributed by atoms with Gasteiger partial charge in [0, 0.05) is 37.0 Å². The van der Waals surface area contributed by atoms with Gasteiger partial charge in [0.2, 0.25) is 0 Å². The number of hydrogen-bond donors (Lipinski definition) is 2. The number of aromatic amines is 1. The van der Waals surface area contributed by atoms with Crippen molar-refractivity contribution in [1.29, 1.82) is 0 Å². The second-order valence-electron chi connectivity index (χ2n) is 8.85. The molecule has 0 aliphatic heterocycles. The summed E-state index contributed by atoms with van der Waals surface area (Å²) in [6.45, 7) is 5.43. The number of ether oxygens (including phenoxy) is 1. The average molecular weight is 579 g/mol. The number of carbonyl (C=O) groups is 1. The minimum atomic E-state index is -1.10. The van der Waals surface area contributed by atoms with E-state index in [1.165, 1.54) is 10.6 Å². The van der Waals surface area contributed by atoms with Crippen molar-refractivity contribution in [3.63, 3.8) is 0 Å². The first-order valence-corrected chi connectivity index (χ1v) is 12.1. The summed E-state index contributed by atoms with van der Waals surface area (Å²) >= 11 is 9.64. The first-order valence-electron chi connectivity index (χ1n) is 10.9. The van der Waals surface area contributed by atoms with E-state index in [0.29, 0.717) is 39.3 Å². The van der Waals surface area contributed by atoms with E-state index in [-0.39, 0.29) is 20.7 Å². The van der Waals surface area contributed by atoms with Gasteiger partial charge >= 0.3 is 0 Å². The van der Waals surface area contributed by atoms with Gasteiger partial charge in [0.05, 0.1) is 32.4 Å². The van der Waals surface area contributed by atoms with Gasteiger partial charge < -0.3 is 19.2 Å². The molecule has 190 valence electrons. The van der Waals surface area contributed by atoms with E-state index in [1.807, 2.05) is 26.8 Å². The number of halogens is 3. The molecule has 36 heavy (non-hydrogen) atoms. The second-order valence-corrected chi connectivity index (χ2v) is 10.1. The third-order valence-corrected chi connectivity index (χ3v) is 6.44. The standard InChI is InChI=1S/C25H22BrClFN3O3.CH4O/c1-25(2,3)34-18(12-32)23-19(16-8-9-17(26)22(28)21(16)27)15-7-5-6-14(13-10-29-30-11-13)20(15)24(33)31(23)4;1-2/h5-12,18H,1-4H3,(H,29,30);2H,1H3/t18-;/m0./s1. The van der Waals surface area contributed by atoms with Crippen LogP contribution < -0.4 is 5.56 Å². The molecule has 7 nitrogen and oxygen atoms in total. The SMILES string of the molecule is CO.Cn1c([C@H](C=O)OC(C)(C)C)c(-c2ccc(Br)c(F)c2Cl)c2cccc(-c3cn[nH]c3)c2c1=O. The fourth-order valence-electron chi connectivity index (χ4n) is 4.08. The molecule has 0 amide bonds. The second kappa shape index (κ2) is 11.0. The van der Waals surface area contributed by atoms with Gasteiger partial charge in [-0.05, 0) is 53.7 Å². The number of nitrogens with one attached hydrogen (secondary N) is 1. The number of rotatable bonds is 5. The van der Waals surface area contributed by atoms with E-state index in [2.05, 4.69) is 26.1 Å². The van der Waals surface area contributed by atoms with Crippen LogP contribution in [0.25, 0.3) is 33.0 Å². The molecule has 0 aliphatic carbocycles. The van der Waals surface area contributed by atoms with E-state index < -0.39 is 17.5 Å². The molecule has 4 aromatic rings. The van der Waals surface area contributed by atoms with Gasteiger partial charge in [-0.3, -0.25) is 9.89 Å². The number of carbonyl (C=O) groups excluding carboxylic acids is 1. The Balaban J connectivity index is 0.00000176. The van der Waals surface area contributed by atoms with E-state index in [4.69, 9.17) is 21.4 Å². The largest absolute Gasteiger partial charge is 0.400 e. The smallest absolute Gasteiger partial charge is 0.259 e. The molecule has 0 radical (unpaired) electrons. The van der Waals surface area contributed by atoms with Crippen molar-refractivity contribution in [3.05, 3.63) is 74.1 Å². The van der Waals surface area contributed by atoms with Crippen LogP contribution in [0, 0.1) is 5.82 Å². The molecule has 2 aromatic heterocycles. The average Bonchev–Trinajstić information content (AvgIpc) is 3.39. The van der Waals surface area contributed by atoms with Crippen LogP contribution >= 0.6 is 27.5 Å². The summed E-state index contributed by atoms with van der Waals surface area (Å²) in [7, 11) is 2.57. The van der Waals surface area contributed by atoms with Crippen LogP contribution in [-0.4, -0.2) is 38.9 Å². The summed E-state index contributed by atoms with van der Waals surface area (Å²) < 4.78 is 22.5. The summed E-state index contributed by atoms with van der Waals surface area (Å²) in [5.41, 5.74) is 1.41. The Morgan fingerprint density at radius 3 is 2.50 bits per heavy atom. The first-order chi connectivity index (χ1) is 17.0. The van der Waals surface area contributed by atoms with E-state index in [9.17, 15) is 14.0 Å². The summed E-state index contributed by atoms with van der Waals surface area (Å²) in [5, 5.41) is 14.5. The molecule has 0 saturated carbocycles.